The van der Waals surface area contributed by atoms with Crippen LogP contribution in [0.1, 0.15) is 16.9 Å². The molecule has 0 radical (unpaired) electrons. The Morgan fingerprint density at radius 2 is 1.61 bits per heavy atom. The number of anilines is 1. The SMILES string of the molecule is Cc1ccccc1N=C1S/C(=C\c2ccc(-c3ccccc3[N+](=O)[O-])o2)C(=O)N1c1ccccc1C. The van der Waals surface area contributed by atoms with Crippen LogP contribution in [0.15, 0.2) is 99.2 Å². The lowest BCUT2D eigenvalue weighted by Crippen LogP contribution is -2.29. The summed E-state index contributed by atoms with van der Waals surface area (Å²) in [6.45, 7) is 3.93. The van der Waals surface area contributed by atoms with Crippen molar-refractivity contribution in [2.24, 2.45) is 4.99 Å². The molecule has 1 aliphatic rings. The third-order valence-corrected chi connectivity index (χ3v) is 6.73. The highest BCUT2D eigenvalue weighted by atomic mass is 32.2. The van der Waals surface area contributed by atoms with Gasteiger partial charge in [-0.25, -0.2) is 4.99 Å². The van der Waals surface area contributed by atoms with Gasteiger partial charge >= 0.3 is 0 Å². The molecule has 1 aliphatic heterocycles. The monoisotopic (exact) mass is 495 g/mol. The summed E-state index contributed by atoms with van der Waals surface area (Å²) < 4.78 is 5.90. The van der Waals surface area contributed by atoms with Crippen LogP contribution >= 0.6 is 11.8 Å². The van der Waals surface area contributed by atoms with Crippen LogP contribution in [-0.4, -0.2) is 16.0 Å². The number of rotatable bonds is 5. The zero-order valence-electron chi connectivity index (χ0n) is 19.5. The van der Waals surface area contributed by atoms with Crippen molar-refractivity contribution >= 4 is 46.0 Å². The number of aryl methyl sites for hydroxylation is 2. The van der Waals surface area contributed by atoms with E-state index in [1.165, 1.54) is 17.8 Å². The van der Waals surface area contributed by atoms with Crippen LogP contribution in [0.5, 0.6) is 0 Å². The number of nitro benzene ring substituents is 1. The molecule has 1 amide bonds. The van der Waals surface area contributed by atoms with E-state index in [2.05, 4.69) is 0 Å². The molecule has 7 nitrogen and oxygen atoms in total. The van der Waals surface area contributed by atoms with Gasteiger partial charge < -0.3 is 4.42 Å². The maximum absolute atomic E-state index is 13.6. The number of amides is 1. The molecule has 178 valence electrons. The molecular formula is C28H21N3O4S. The Kier molecular flexibility index (Phi) is 6.26. The third kappa shape index (κ3) is 4.46. The minimum absolute atomic E-state index is 0.0456. The summed E-state index contributed by atoms with van der Waals surface area (Å²) in [4.78, 5) is 31.4. The Labute approximate surface area is 211 Å². The van der Waals surface area contributed by atoms with E-state index in [4.69, 9.17) is 9.41 Å². The highest BCUT2D eigenvalue weighted by Gasteiger charge is 2.36. The zero-order valence-corrected chi connectivity index (χ0v) is 20.4. The van der Waals surface area contributed by atoms with Gasteiger partial charge in [0.2, 0.25) is 0 Å². The van der Waals surface area contributed by atoms with E-state index >= 15 is 0 Å². The van der Waals surface area contributed by atoms with E-state index in [1.54, 1.807) is 41.3 Å². The zero-order chi connectivity index (χ0) is 25.2. The molecule has 2 heterocycles. The smallest absolute Gasteiger partial charge is 0.280 e. The standard InChI is InChI=1S/C28H21N3O4S/c1-18-9-3-6-12-22(18)29-28-30(23-13-7-4-10-19(23)2)27(32)26(36-28)17-20-15-16-25(35-20)21-11-5-8-14-24(21)31(33)34/h3-17H,1-2H3/b26-17-,29-28?. The Morgan fingerprint density at radius 3 is 2.36 bits per heavy atom. The van der Waals surface area contributed by atoms with E-state index in [1.807, 2.05) is 62.4 Å². The van der Waals surface area contributed by atoms with Gasteiger partial charge in [0.1, 0.15) is 11.5 Å². The van der Waals surface area contributed by atoms with E-state index in [0.717, 1.165) is 22.5 Å². The molecule has 3 aromatic carbocycles. The molecule has 1 fully saturated rings. The number of hydrogen-bond acceptors (Lipinski definition) is 6. The molecule has 36 heavy (non-hydrogen) atoms. The summed E-state index contributed by atoms with van der Waals surface area (Å²) in [6, 6.07) is 25.2. The number of para-hydroxylation sites is 3. The lowest BCUT2D eigenvalue weighted by atomic mass is 10.1. The predicted molar refractivity (Wildman–Crippen MR) is 143 cm³/mol. The van der Waals surface area contributed by atoms with Crippen molar-refractivity contribution in [2.45, 2.75) is 13.8 Å². The molecule has 0 aliphatic carbocycles. The predicted octanol–water partition coefficient (Wildman–Crippen LogP) is 7.28. The van der Waals surface area contributed by atoms with Crippen molar-refractivity contribution in [1.82, 2.24) is 0 Å². The highest BCUT2D eigenvalue weighted by Crippen LogP contribution is 2.39. The van der Waals surface area contributed by atoms with Gasteiger partial charge in [-0.3, -0.25) is 19.8 Å². The lowest BCUT2D eigenvalue weighted by Gasteiger charge is -2.18. The summed E-state index contributed by atoms with van der Waals surface area (Å²) in [6.07, 6.45) is 1.65. The van der Waals surface area contributed by atoms with Gasteiger partial charge in [-0.1, -0.05) is 48.5 Å². The van der Waals surface area contributed by atoms with Crippen molar-refractivity contribution in [3.05, 3.63) is 117 Å². The molecule has 0 bridgehead atoms. The molecule has 1 saturated heterocycles. The average molecular weight is 496 g/mol. The number of aliphatic imine (C=N–C) groups is 1. The summed E-state index contributed by atoms with van der Waals surface area (Å²) in [5.74, 6) is 0.556. The summed E-state index contributed by atoms with van der Waals surface area (Å²) >= 11 is 1.26. The van der Waals surface area contributed by atoms with Gasteiger partial charge in [0.25, 0.3) is 11.6 Å². The second kappa shape index (κ2) is 9.67. The van der Waals surface area contributed by atoms with Crippen LogP contribution in [0.3, 0.4) is 0 Å². The molecule has 1 aromatic heterocycles. The fourth-order valence-electron chi connectivity index (χ4n) is 3.91. The fourth-order valence-corrected chi connectivity index (χ4v) is 4.88. The molecule has 4 aromatic rings. The molecule has 0 atom stereocenters. The first kappa shape index (κ1) is 23.3. The Balaban J connectivity index is 1.55. The van der Waals surface area contributed by atoms with Gasteiger partial charge in [0, 0.05) is 12.1 Å². The largest absolute Gasteiger partial charge is 0.456 e. The van der Waals surface area contributed by atoms with Gasteiger partial charge in [-0.15, -0.1) is 0 Å². The van der Waals surface area contributed by atoms with Crippen LogP contribution in [0.4, 0.5) is 17.1 Å². The maximum atomic E-state index is 13.6. The second-order valence-electron chi connectivity index (χ2n) is 8.19. The third-order valence-electron chi connectivity index (χ3n) is 5.76. The summed E-state index contributed by atoms with van der Waals surface area (Å²) in [5, 5.41) is 12.0. The number of carbonyl (C=O) groups excluding carboxylic acids is 1. The Morgan fingerprint density at radius 1 is 0.917 bits per heavy atom. The molecule has 0 spiro atoms. The number of benzene rings is 3. The molecule has 8 heteroatoms. The molecule has 0 N–H and O–H groups in total. The quantitative estimate of drug-likeness (QED) is 0.165. The normalized spacial score (nSPS) is 15.7. The number of furan rings is 1. The average Bonchev–Trinajstić information content (AvgIpc) is 3.45. The van der Waals surface area contributed by atoms with Crippen LogP contribution in [0.25, 0.3) is 17.4 Å². The van der Waals surface area contributed by atoms with Crippen LogP contribution in [0.2, 0.25) is 0 Å². The Hall–Kier alpha value is -4.43. The van der Waals surface area contributed by atoms with Crippen molar-refractivity contribution in [3.8, 4) is 11.3 Å². The van der Waals surface area contributed by atoms with Crippen LogP contribution in [0, 0.1) is 24.0 Å². The van der Waals surface area contributed by atoms with Gasteiger partial charge in [0.05, 0.1) is 26.8 Å². The molecule has 5 rings (SSSR count). The van der Waals surface area contributed by atoms with Gasteiger partial charge in [-0.05, 0) is 67.1 Å². The second-order valence-corrected chi connectivity index (χ2v) is 9.20. The fraction of sp³-hybridized carbons (Fsp3) is 0.0714. The van der Waals surface area contributed by atoms with E-state index in [-0.39, 0.29) is 11.6 Å². The number of hydrogen-bond donors (Lipinski definition) is 0. The van der Waals surface area contributed by atoms with Crippen molar-refractivity contribution in [3.63, 3.8) is 0 Å². The van der Waals surface area contributed by atoms with Crippen molar-refractivity contribution < 1.29 is 14.1 Å². The number of nitro groups is 1. The van der Waals surface area contributed by atoms with E-state index in [0.29, 0.717) is 27.2 Å². The number of carbonyl (C=O) groups is 1. The van der Waals surface area contributed by atoms with Crippen molar-refractivity contribution in [1.29, 1.82) is 0 Å². The Bertz CT molecular complexity index is 1550. The van der Waals surface area contributed by atoms with Gasteiger partial charge in [0.15, 0.2) is 5.17 Å². The molecule has 0 saturated carbocycles. The number of thioether (sulfide) groups is 1. The first-order valence-electron chi connectivity index (χ1n) is 11.2. The van der Waals surface area contributed by atoms with Crippen molar-refractivity contribution in [2.75, 3.05) is 4.90 Å². The van der Waals surface area contributed by atoms with E-state index < -0.39 is 4.92 Å². The minimum atomic E-state index is -0.444. The lowest BCUT2D eigenvalue weighted by molar-refractivity contribution is -0.384. The molecular weight excluding hydrogens is 474 g/mol. The number of nitrogens with zero attached hydrogens (tertiary/aromatic N) is 3. The maximum Gasteiger partial charge on any atom is 0.280 e. The van der Waals surface area contributed by atoms with Crippen LogP contribution in [-0.2, 0) is 4.79 Å². The topological polar surface area (TPSA) is 89.0 Å². The minimum Gasteiger partial charge on any atom is -0.456 e. The van der Waals surface area contributed by atoms with Gasteiger partial charge in [-0.2, -0.15) is 0 Å². The molecule has 0 unspecified atom stereocenters. The number of amidine groups is 1. The summed E-state index contributed by atoms with van der Waals surface area (Å²) in [7, 11) is 0. The summed E-state index contributed by atoms with van der Waals surface area (Å²) in [5.41, 5.74) is 3.81. The van der Waals surface area contributed by atoms with E-state index in [9.17, 15) is 14.9 Å². The van der Waals surface area contributed by atoms with Crippen LogP contribution < -0.4 is 4.90 Å². The first-order valence-corrected chi connectivity index (χ1v) is 12.0. The highest BCUT2D eigenvalue weighted by molar-refractivity contribution is 8.19. The first-order chi connectivity index (χ1) is 17.4.